The molecule has 0 radical (unpaired) electrons. The molecule has 1 fully saturated rings. The molecule has 1 aliphatic heterocycles. The highest BCUT2D eigenvalue weighted by molar-refractivity contribution is 6.30. The second-order valence-electron chi connectivity index (χ2n) is 6.69. The number of carbonyl (C=O) groups excluding carboxylic acids is 1. The maximum absolute atomic E-state index is 14.0. The maximum atomic E-state index is 14.0. The molecule has 0 spiro atoms. The Bertz CT molecular complexity index is 544. The summed E-state index contributed by atoms with van der Waals surface area (Å²) in [6, 6.07) is 4.31. The Morgan fingerprint density at radius 1 is 1.35 bits per heavy atom. The molecule has 1 atom stereocenters. The highest BCUT2D eigenvalue weighted by Crippen LogP contribution is 2.21. The molecular weight excluding hydrogens is 315 g/mol. The van der Waals surface area contributed by atoms with Crippen molar-refractivity contribution in [1.29, 1.82) is 0 Å². The summed E-state index contributed by atoms with van der Waals surface area (Å²) < 4.78 is 14.0. The topological polar surface area (TPSA) is 23.6 Å². The SMILES string of the molecule is CC(C)[C@@H](CCN1CCCC1)N(C)C(=O)c1ccc(Cl)cc1F. The molecule has 1 aromatic rings. The summed E-state index contributed by atoms with van der Waals surface area (Å²) >= 11 is 5.77. The smallest absolute Gasteiger partial charge is 0.256 e. The average molecular weight is 341 g/mol. The van der Waals surface area contributed by atoms with Crippen molar-refractivity contribution >= 4 is 17.5 Å². The van der Waals surface area contributed by atoms with Crippen molar-refractivity contribution in [2.24, 2.45) is 5.92 Å². The standard InChI is InChI=1S/C18H26ClFN2O/c1-13(2)17(8-11-22-9-4-5-10-22)21(3)18(23)15-7-6-14(19)12-16(15)20/h6-7,12-13,17H,4-5,8-11H2,1-3H3/t17-/m1/s1. The van der Waals surface area contributed by atoms with E-state index in [2.05, 4.69) is 18.7 Å². The molecular formula is C18H26ClFN2O. The van der Waals surface area contributed by atoms with Crippen LogP contribution in [0.2, 0.25) is 5.02 Å². The third-order valence-electron chi connectivity index (χ3n) is 4.69. The van der Waals surface area contributed by atoms with Crippen molar-refractivity contribution in [2.45, 2.75) is 39.2 Å². The van der Waals surface area contributed by atoms with Crippen molar-refractivity contribution in [3.05, 3.63) is 34.6 Å². The molecule has 0 saturated carbocycles. The summed E-state index contributed by atoms with van der Waals surface area (Å²) in [6.45, 7) is 7.50. The van der Waals surface area contributed by atoms with Crippen LogP contribution in [-0.4, -0.2) is 48.4 Å². The van der Waals surface area contributed by atoms with E-state index in [9.17, 15) is 9.18 Å². The van der Waals surface area contributed by atoms with Gasteiger partial charge in [-0.05, 0) is 56.5 Å². The minimum absolute atomic E-state index is 0.0868. The van der Waals surface area contributed by atoms with Gasteiger partial charge in [-0.3, -0.25) is 4.79 Å². The van der Waals surface area contributed by atoms with Crippen LogP contribution in [-0.2, 0) is 0 Å². The summed E-state index contributed by atoms with van der Waals surface area (Å²) in [7, 11) is 1.77. The van der Waals surface area contributed by atoms with Gasteiger partial charge in [-0.15, -0.1) is 0 Å². The molecule has 0 N–H and O–H groups in total. The zero-order chi connectivity index (χ0) is 17.0. The van der Waals surface area contributed by atoms with Gasteiger partial charge in [0.05, 0.1) is 5.56 Å². The molecule has 1 heterocycles. The summed E-state index contributed by atoms with van der Waals surface area (Å²) in [5.74, 6) is -0.516. The monoisotopic (exact) mass is 340 g/mol. The predicted molar refractivity (Wildman–Crippen MR) is 92.4 cm³/mol. The molecule has 1 saturated heterocycles. The Hall–Kier alpha value is -1.13. The van der Waals surface area contributed by atoms with Crippen LogP contribution in [0.25, 0.3) is 0 Å². The third-order valence-corrected chi connectivity index (χ3v) is 4.92. The third kappa shape index (κ3) is 4.67. The Balaban J connectivity index is 2.06. The first-order valence-corrected chi connectivity index (χ1v) is 8.72. The average Bonchev–Trinajstić information content (AvgIpc) is 2.99. The zero-order valence-electron chi connectivity index (χ0n) is 14.2. The van der Waals surface area contributed by atoms with E-state index in [4.69, 9.17) is 11.6 Å². The van der Waals surface area contributed by atoms with Gasteiger partial charge < -0.3 is 9.80 Å². The number of nitrogens with zero attached hydrogens (tertiary/aromatic N) is 2. The number of rotatable bonds is 6. The molecule has 1 aliphatic rings. The van der Waals surface area contributed by atoms with E-state index in [1.165, 1.54) is 25.0 Å². The van der Waals surface area contributed by atoms with E-state index in [1.807, 2.05) is 0 Å². The molecule has 0 aromatic heterocycles. The summed E-state index contributed by atoms with van der Waals surface area (Å²) in [5, 5.41) is 0.302. The predicted octanol–water partition coefficient (Wildman–Crippen LogP) is 4.06. The van der Waals surface area contributed by atoms with Crippen molar-refractivity contribution < 1.29 is 9.18 Å². The van der Waals surface area contributed by atoms with Gasteiger partial charge in [0, 0.05) is 24.7 Å². The van der Waals surface area contributed by atoms with Crippen LogP contribution in [0.1, 0.15) is 43.5 Å². The first kappa shape index (κ1) is 18.2. The van der Waals surface area contributed by atoms with Gasteiger partial charge in [0.25, 0.3) is 5.91 Å². The lowest BCUT2D eigenvalue weighted by atomic mass is 9.98. The van der Waals surface area contributed by atoms with E-state index < -0.39 is 5.82 Å². The first-order chi connectivity index (χ1) is 10.9. The Labute approximate surface area is 143 Å². The fourth-order valence-electron chi connectivity index (χ4n) is 3.30. The molecule has 0 unspecified atom stereocenters. The molecule has 2 rings (SSSR count). The van der Waals surface area contributed by atoms with Gasteiger partial charge in [-0.2, -0.15) is 0 Å². The van der Waals surface area contributed by atoms with Crippen molar-refractivity contribution in [1.82, 2.24) is 9.80 Å². The van der Waals surface area contributed by atoms with E-state index in [0.717, 1.165) is 26.1 Å². The van der Waals surface area contributed by atoms with Gasteiger partial charge in [-0.1, -0.05) is 25.4 Å². The van der Waals surface area contributed by atoms with Crippen LogP contribution in [0.5, 0.6) is 0 Å². The van der Waals surface area contributed by atoms with Crippen LogP contribution in [0.4, 0.5) is 4.39 Å². The molecule has 23 heavy (non-hydrogen) atoms. The Morgan fingerprint density at radius 2 is 2.00 bits per heavy atom. The lowest BCUT2D eigenvalue weighted by molar-refractivity contribution is 0.0661. The van der Waals surface area contributed by atoms with Crippen LogP contribution in [0.3, 0.4) is 0 Å². The quantitative estimate of drug-likeness (QED) is 0.779. The van der Waals surface area contributed by atoms with Gasteiger partial charge in [-0.25, -0.2) is 4.39 Å². The molecule has 3 nitrogen and oxygen atoms in total. The number of benzene rings is 1. The number of likely N-dealkylation sites (tertiary alicyclic amines) is 1. The minimum atomic E-state index is -0.559. The highest BCUT2D eigenvalue weighted by Gasteiger charge is 2.26. The Kier molecular flexibility index (Phi) is 6.42. The fourth-order valence-corrected chi connectivity index (χ4v) is 3.46. The van der Waals surface area contributed by atoms with Crippen LogP contribution < -0.4 is 0 Å². The molecule has 0 bridgehead atoms. The summed E-state index contributed by atoms with van der Waals surface area (Å²) in [5.41, 5.74) is 0.0868. The van der Waals surface area contributed by atoms with E-state index in [0.29, 0.717) is 10.9 Å². The van der Waals surface area contributed by atoms with E-state index in [1.54, 1.807) is 18.0 Å². The second-order valence-corrected chi connectivity index (χ2v) is 7.13. The lowest BCUT2D eigenvalue weighted by Gasteiger charge is -2.33. The van der Waals surface area contributed by atoms with E-state index in [-0.39, 0.29) is 17.5 Å². The minimum Gasteiger partial charge on any atom is -0.338 e. The zero-order valence-corrected chi connectivity index (χ0v) is 14.9. The van der Waals surface area contributed by atoms with Crippen molar-refractivity contribution in [3.63, 3.8) is 0 Å². The number of hydrogen-bond acceptors (Lipinski definition) is 2. The maximum Gasteiger partial charge on any atom is 0.256 e. The largest absolute Gasteiger partial charge is 0.338 e. The normalized spacial score (nSPS) is 16.8. The number of halogens is 2. The van der Waals surface area contributed by atoms with Gasteiger partial charge >= 0.3 is 0 Å². The lowest BCUT2D eigenvalue weighted by Crippen LogP contribution is -2.42. The van der Waals surface area contributed by atoms with Gasteiger partial charge in [0.1, 0.15) is 5.82 Å². The number of carbonyl (C=O) groups is 1. The molecule has 0 aliphatic carbocycles. The van der Waals surface area contributed by atoms with E-state index >= 15 is 0 Å². The Morgan fingerprint density at radius 3 is 2.57 bits per heavy atom. The molecule has 128 valence electrons. The van der Waals surface area contributed by atoms with Crippen molar-refractivity contribution in [3.8, 4) is 0 Å². The summed E-state index contributed by atoms with van der Waals surface area (Å²) in [6.07, 6.45) is 3.43. The van der Waals surface area contributed by atoms with Gasteiger partial charge in [0.15, 0.2) is 0 Å². The number of amides is 1. The van der Waals surface area contributed by atoms with Gasteiger partial charge in [0.2, 0.25) is 0 Å². The highest BCUT2D eigenvalue weighted by atomic mass is 35.5. The fraction of sp³-hybridized carbons (Fsp3) is 0.611. The van der Waals surface area contributed by atoms with Crippen molar-refractivity contribution in [2.75, 3.05) is 26.7 Å². The van der Waals surface area contributed by atoms with Crippen LogP contribution >= 0.6 is 11.6 Å². The molecule has 5 heteroatoms. The molecule has 1 aromatic carbocycles. The molecule has 1 amide bonds. The first-order valence-electron chi connectivity index (χ1n) is 8.34. The van der Waals surface area contributed by atoms with Crippen LogP contribution in [0.15, 0.2) is 18.2 Å². The summed E-state index contributed by atoms with van der Waals surface area (Å²) in [4.78, 5) is 16.8. The number of hydrogen-bond donors (Lipinski definition) is 0. The van der Waals surface area contributed by atoms with Crippen LogP contribution in [0, 0.1) is 11.7 Å². The second kappa shape index (κ2) is 8.11.